The SMILES string of the molecule is CN1CC[C@H](Oc2cccc([N+](=O)[O-])c2)[C@H](c2ccccc2)C1. The number of nitro groups is 1. The maximum atomic E-state index is 10.9. The second-order valence-electron chi connectivity index (χ2n) is 5.98. The van der Waals surface area contributed by atoms with Crippen LogP contribution in [0.25, 0.3) is 0 Å². The molecule has 0 saturated carbocycles. The van der Waals surface area contributed by atoms with Crippen molar-refractivity contribution in [2.24, 2.45) is 0 Å². The Bertz CT molecular complexity index is 675. The van der Waals surface area contributed by atoms with Crippen molar-refractivity contribution >= 4 is 5.69 Å². The van der Waals surface area contributed by atoms with E-state index in [1.54, 1.807) is 12.1 Å². The molecule has 2 aromatic carbocycles. The highest BCUT2D eigenvalue weighted by molar-refractivity contribution is 5.38. The first-order chi connectivity index (χ1) is 11.1. The van der Waals surface area contributed by atoms with Gasteiger partial charge in [-0.2, -0.15) is 0 Å². The van der Waals surface area contributed by atoms with Gasteiger partial charge in [-0.1, -0.05) is 36.4 Å². The van der Waals surface area contributed by atoms with E-state index < -0.39 is 4.92 Å². The van der Waals surface area contributed by atoms with Crippen LogP contribution in [0.2, 0.25) is 0 Å². The van der Waals surface area contributed by atoms with E-state index >= 15 is 0 Å². The quantitative estimate of drug-likeness (QED) is 0.641. The maximum Gasteiger partial charge on any atom is 0.273 e. The fraction of sp³-hybridized carbons (Fsp3) is 0.333. The lowest BCUT2D eigenvalue weighted by Crippen LogP contribution is -2.42. The molecule has 2 atom stereocenters. The van der Waals surface area contributed by atoms with Gasteiger partial charge in [-0.05, 0) is 25.1 Å². The smallest absolute Gasteiger partial charge is 0.273 e. The zero-order valence-corrected chi connectivity index (χ0v) is 13.1. The van der Waals surface area contributed by atoms with Crippen LogP contribution in [0.5, 0.6) is 5.75 Å². The number of likely N-dealkylation sites (N-methyl/N-ethyl adjacent to an activating group) is 1. The van der Waals surface area contributed by atoms with E-state index in [0.29, 0.717) is 5.75 Å². The van der Waals surface area contributed by atoms with E-state index in [-0.39, 0.29) is 17.7 Å². The Hall–Kier alpha value is -2.40. The number of non-ortho nitro benzene ring substituents is 1. The van der Waals surface area contributed by atoms with Crippen LogP contribution in [-0.4, -0.2) is 36.1 Å². The highest BCUT2D eigenvalue weighted by atomic mass is 16.6. The Labute approximate surface area is 135 Å². The second-order valence-corrected chi connectivity index (χ2v) is 5.98. The van der Waals surface area contributed by atoms with Crippen molar-refractivity contribution in [1.29, 1.82) is 0 Å². The zero-order valence-electron chi connectivity index (χ0n) is 13.1. The Morgan fingerprint density at radius 1 is 1.17 bits per heavy atom. The van der Waals surface area contributed by atoms with E-state index in [0.717, 1.165) is 19.5 Å². The molecule has 0 unspecified atom stereocenters. The fourth-order valence-corrected chi connectivity index (χ4v) is 3.10. The molecule has 5 nitrogen and oxygen atoms in total. The van der Waals surface area contributed by atoms with Gasteiger partial charge in [0.25, 0.3) is 5.69 Å². The number of nitrogens with zero attached hydrogens (tertiary/aromatic N) is 2. The third-order valence-electron chi connectivity index (χ3n) is 4.30. The molecule has 0 spiro atoms. The van der Waals surface area contributed by atoms with Crippen molar-refractivity contribution in [2.45, 2.75) is 18.4 Å². The van der Waals surface area contributed by atoms with Crippen molar-refractivity contribution in [3.8, 4) is 5.75 Å². The van der Waals surface area contributed by atoms with Crippen molar-refractivity contribution in [3.05, 3.63) is 70.3 Å². The molecule has 3 rings (SSSR count). The number of nitro benzene ring substituents is 1. The van der Waals surface area contributed by atoms with Gasteiger partial charge in [-0.15, -0.1) is 0 Å². The topological polar surface area (TPSA) is 55.6 Å². The molecule has 1 fully saturated rings. The largest absolute Gasteiger partial charge is 0.489 e. The second kappa shape index (κ2) is 6.79. The van der Waals surface area contributed by atoms with Gasteiger partial charge >= 0.3 is 0 Å². The van der Waals surface area contributed by atoms with E-state index in [2.05, 4.69) is 24.1 Å². The summed E-state index contributed by atoms with van der Waals surface area (Å²) in [5, 5.41) is 10.9. The number of piperidine rings is 1. The third-order valence-corrected chi connectivity index (χ3v) is 4.30. The molecule has 0 N–H and O–H groups in total. The molecular formula is C18H20N2O3. The number of hydrogen-bond donors (Lipinski definition) is 0. The molecule has 1 heterocycles. The minimum Gasteiger partial charge on any atom is -0.489 e. The first kappa shape index (κ1) is 15.5. The normalized spacial score (nSPS) is 21.8. The highest BCUT2D eigenvalue weighted by Gasteiger charge is 2.30. The molecule has 0 aliphatic carbocycles. The summed E-state index contributed by atoms with van der Waals surface area (Å²) in [6, 6.07) is 16.8. The first-order valence-corrected chi connectivity index (χ1v) is 7.78. The lowest BCUT2D eigenvalue weighted by molar-refractivity contribution is -0.385. The van der Waals surface area contributed by atoms with E-state index in [9.17, 15) is 10.1 Å². The molecule has 120 valence electrons. The van der Waals surface area contributed by atoms with Crippen LogP contribution in [0.15, 0.2) is 54.6 Å². The van der Waals surface area contributed by atoms with Gasteiger partial charge in [0.05, 0.1) is 11.0 Å². The van der Waals surface area contributed by atoms with Gasteiger partial charge in [0.2, 0.25) is 0 Å². The molecule has 0 bridgehead atoms. The van der Waals surface area contributed by atoms with Crippen molar-refractivity contribution < 1.29 is 9.66 Å². The Morgan fingerprint density at radius 3 is 2.70 bits per heavy atom. The molecule has 23 heavy (non-hydrogen) atoms. The summed E-state index contributed by atoms with van der Waals surface area (Å²) in [6.45, 7) is 1.88. The Kier molecular flexibility index (Phi) is 4.57. The molecule has 0 amide bonds. The molecule has 5 heteroatoms. The molecular weight excluding hydrogens is 292 g/mol. The van der Waals surface area contributed by atoms with Crippen LogP contribution in [0.1, 0.15) is 17.9 Å². The lowest BCUT2D eigenvalue weighted by Gasteiger charge is -2.37. The van der Waals surface area contributed by atoms with Gasteiger partial charge < -0.3 is 9.64 Å². The van der Waals surface area contributed by atoms with Crippen molar-refractivity contribution in [3.63, 3.8) is 0 Å². The van der Waals surface area contributed by atoms with Crippen LogP contribution in [0.4, 0.5) is 5.69 Å². The summed E-state index contributed by atoms with van der Waals surface area (Å²) >= 11 is 0. The monoisotopic (exact) mass is 312 g/mol. The molecule has 0 aromatic heterocycles. The summed E-state index contributed by atoms with van der Waals surface area (Å²) < 4.78 is 6.13. The summed E-state index contributed by atoms with van der Waals surface area (Å²) in [6.07, 6.45) is 0.925. The van der Waals surface area contributed by atoms with E-state index in [4.69, 9.17) is 4.74 Å². The Morgan fingerprint density at radius 2 is 1.96 bits per heavy atom. The Balaban J connectivity index is 1.82. The molecule has 2 aromatic rings. The molecule has 1 saturated heterocycles. The van der Waals surface area contributed by atoms with Crippen LogP contribution in [0, 0.1) is 10.1 Å². The first-order valence-electron chi connectivity index (χ1n) is 7.78. The number of hydrogen-bond acceptors (Lipinski definition) is 4. The van der Waals surface area contributed by atoms with Crippen molar-refractivity contribution in [2.75, 3.05) is 20.1 Å². The van der Waals surface area contributed by atoms with Gasteiger partial charge in [-0.3, -0.25) is 10.1 Å². The number of ether oxygens (including phenoxy) is 1. The summed E-state index contributed by atoms with van der Waals surface area (Å²) in [5.41, 5.74) is 1.31. The predicted octanol–water partition coefficient (Wildman–Crippen LogP) is 3.46. The van der Waals surface area contributed by atoms with Gasteiger partial charge in [0.1, 0.15) is 11.9 Å². The van der Waals surface area contributed by atoms with Gasteiger partial charge in [-0.25, -0.2) is 0 Å². The third kappa shape index (κ3) is 3.68. The van der Waals surface area contributed by atoms with Crippen molar-refractivity contribution in [1.82, 2.24) is 4.90 Å². The van der Waals surface area contributed by atoms with Crippen LogP contribution < -0.4 is 4.74 Å². The average Bonchev–Trinajstić information content (AvgIpc) is 2.57. The minimum atomic E-state index is -0.393. The molecule has 1 aliphatic rings. The minimum absolute atomic E-state index is 0.0237. The molecule has 0 radical (unpaired) electrons. The standard InChI is InChI=1S/C18H20N2O3/c1-19-11-10-18(17(13-19)14-6-3-2-4-7-14)23-16-9-5-8-15(12-16)20(21)22/h2-9,12,17-18H,10-11,13H2,1H3/t17-,18-/m0/s1. The predicted molar refractivity (Wildman–Crippen MR) is 88.8 cm³/mol. The maximum absolute atomic E-state index is 10.9. The van der Waals surface area contributed by atoms with Crippen LogP contribution >= 0.6 is 0 Å². The fourth-order valence-electron chi connectivity index (χ4n) is 3.10. The lowest BCUT2D eigenvalue weighted by atomic mass is 9.88. The number of likely N-dealkylation sites (tertiary alicyclic amines) is 1. The number of rotatable bonds is 4. The summed E-state index contributed by atoms with van der Waals surface area (Å²) in [5.74, 6) is 0.823. The summed E-state index contributed by atoms with van der Waals surface area (Å²) in [7, 11) is 2.11. The van der Waals surface area contributed by atoms with Crippen LogP contribution in [-0.2, 0) is 0 Å². The zero-order chi connectivity index (χ0) is 16.2. The van der Waals surface area contributed by atoms with Gasteiger partial charge in [0, 0.05) is 25.1 Å². The average molecular weight is 312 g/mol. The number of benzene rings is 2. The van der Waals surface area contributed by atoms with E-state index in [1.807, 2.05) is 18.2 Å². The van der Waals surface area contributed by atoms with Gasteiger partial charge in [0.15, 0.2) is 0 Å². The van der Waals surface area contributed by atoms with E-state index in [1.165, 1.54) is 17.7 Å². The van der Waals surface area contributed by atoms with Crippen LogP contribution in [0.3, 0.4) is 0 Å². The summed E-state index contributed by atoms with van der Waals surface area (Å²) in [4.78, 5) is 12.8. The highest BCUT2D eigenvalue weighted by Crippen LogP contribution is 2.31. The molecule has 1 aliphatic heterocycles.